The van der Waals surface area contributed by atoms with Crippen LogP contribution in [0.25, 0.3) is 0 Å². The van der Waals surface area contributed by atoms with Gasteiger partial charge in [-0.25, -0.2) is 13.4 Å². The van der Waals surface area contributed by atoms with Crippen LogP contribution in [0.15, 0.2) is 28.1 Å². The first-order valence-electron chi connectivity index (χ1n) is 5.47. The van der Waals surface area contributed by atoms with Gasteiger partial charge in [-0.05, 0) is 6.92 Å². The topological polar surface area (TPSA) is 86.0 Å². The van der Waals surface area contributed by atoms with E-state index in [9.17, 15) is 8.42 Å². The maximum absolute atomic E-state index is 12.1. The van der Waals surface area contributed by atoms with Crippen molar-refractivity contribution in [3.05, 3.63) is 35.6 Å². The molecule has 0 aliphatic heterocycles. The summed E-state index contributed by atoms with van der Waals surface area (Å²) in [6.45, 7) is 3.61. The third-order valence-corrected chi connectivity index (χ3v) is 4.10. The minimum Gasteiger partial charge on any atom is -0.361 e. The van der Waals surface area contributed by atoms with Crippen LogP contribution in [0.3, 0.4) is 0 Å². The zero-order valence-corrected chi connectivity index (χ0v) is 10.9. The second kappa shape index (κ2) is 4.85. The van der Waals surface area contributed by atoms with Crippen molar-refractivity contribution in [2.45, 2.75) is 31.0 Å². The first-order valence-corrected chi connectivity index (χ1v) is 7.12. The highest BCUT2D eigenvalue weighted by atomic mass is 32.2. The van der Waals surface area contributed by atoms with E-state index in [2.05, 4.69) is 15.1 Å². The molecule has 0 atom stereocenters. The van der Waals surface area contributed by atoms with Crippen molar-refractivity contribution in [1.29, 1.82) is 0 Å². The third kappa shape index (κ3) is 2.40. The van der Waals surface area contributed by atoms with Gasteiger partial charge in [0, 0.05) is 24.4 Å². The van der Waals surface area contributed by atoms with Crippen molar-refractivity contribution in [3.63, 3.8) is 0 Å². The number of nitrogens with zero attached hydrogens (tertiary/aromatic N) is 3. The molecule has 2 heterocycles. The third-order valence-electron chi connectivity index (χ3n) is 2.58. The lowest BCUT2D eigenvalue weighted by Crippen LogP contribution is -2.09. The fourth-order valence-electron chi connectivity index (χ4n) is 1.61. The summed E-state index contributed by atoms with van der Waals surface area (Å²) >= 11 is 0. The molecule has 0 bridgehead atoms. The Bertz CT molecular complexity index is 635. The molecule has 18 heavy (non-hydrogen) atoms. The molecule has 2 rings (SSSR count). The summed E-state index contributed by atoms with van der Waals surface area (Å²) in [5.74, 6) is 0.435. The van der Waals surface area contributed by atoms with Gasteiger partial charge in [-0.15, -0.1) is 0 Å². The second-order valence-corrected chi connectivity index (χ2v) is 5.76. The van der Waals surface area contributed by atoms with Gasteiger partial charge in [0.2, 0.25) is 9.84 Å². The van der Waals surface area contributed by atoms with Crippen LogP contribution in [0, 0.1) is 6.92 Å². The molecule has 0 saturated carbocycles. The number of aryl methyl sites for hydroxylation is 2. The monoisotopic (exact) mass is 267 g/mol. The molecule has 0 spiro atoms. The van der Waals surface area contributed by atoms with Gasteiger partial charge >= 0.3 is 0 Å². The molecular formula is C11H13N3O3S. The summed E-state index contributed by atoms with van der Waals surface area (Å²) in [4.78, 5) is 7.58. The molecule has 0 radical (unpaired) electrons. The standard InChI is InChI=1S/C11H13N3O3S/c1-3-10-9(8(2)14-17-10)7-18(15,16)11-6-12-4-5-13-11/h4-6H,3,7H2,1-2H3. The fraction of sp³-hybridized carbons (Fsp3) is 0.364. The Hall–Kier alpha value is -1.76. The van der Waals surface area contributed by atoms with Crippen molar-refractivity contribution in [3.8, 4) is 0 Å². The van der Waals surface area contributed by atoms with Gasteiger partial charge in [-0.2, -0.15) is 0 Å². The number of rotatable bonds is 4. The van der Waals surface area contributed by atoms with Gasteiger partial charge in [0.05, 0.1) is 17.6 Å². The molecule has 0 aliphatic rings. The quantitative estimate of drug-likeness (QED) is 0.830. The average molecular weight is 267 g/mol. The highest BCUT2D eigenvalue weighted by Crippen LogP contribution is 2.20. The van der Waals surface area contributed by atoms with E-state index in [1.165, 1.54) is 18.6 Å². The number of hydrogen-bond acceptors (Lipinski definition) is 6. The molecule has 2 aromatic heterocycles. The predicted octanol–water partition coefficient (Wildman–Crippen LogP) is 1.31. The summed E-state index contributed by atoms with van der Waals surface area (Å²) in [5.41, 5.74) is 1.21. The van der Waals surface area contributed by atoms with Gasteiger partial charge in [-0.1, -0.05) is 12.1 Å². The normalized spacial score (nSPS) is 11.7. The lowest BCUT2D eigenvalue weighted by atomic mass is 10.2. The van der Waals surface area contributed by atoms with Crippen molar-refractivity contribution >= 4 is 9.84 Å². The molecule has 0 amide bonds. The van der Waals surface area contributed by atoms with E-state index in [0.717, 1.165) is 0 Å². The van der Waals surface area contributed by atoms with Crippen LogP contribution in [0.5, 0.6) is 0 Å². The Morgan fingerprint density at radius 2 is 2.11 bits per heavy atom. The maximum Gasteiger partial charge on any atom is 0.201 e. The number of aromatic nitrogens is 3. The minimum atomic E-state index is -3.51. The largest absolute Gasteiger partial charge is 0.361 e. The molecule has 0 unspecified atom stereocenters. The van der Waals surface area contributed by atoms with Crippen molar-refractivity contribution in [2.75, 3.05) is 0 Å². The Balaban J connectivity index is 2.37. The minimum absolute atomic E-state index is 0.0346. The lowest BCUT2D eigenvalue weighted by Gasteiger charge is -2.03. The number of sulfone groups is 1. The summed E-state index contributed by atoms with van der Waals surface area (Å²) < 4.78 is 29.4. The van der Waals surface area contributed by atoms with Gasteiger partial charge in [0.1, 0.15) is 5.76 Å². The lowest BCUT2D eigenvalue weighted by molar-refractivity contribution is 0.382. The van der Waals surface area contributed by atoms with Gasteiger partial charge in [0.25, 0.3) is 0 Å². The van der Waals surface area contributed by atoms with E-state index in [1.807, 2.05) is 6.92 Å². The molecule has 2 aromatic rings. The van der Waals surface area contributed by atoms with Crippen LogP contribution in [-0.2, 0) is 22.0 Å². The highest BCUT2D eigenvalue weighted by Gasteiger charge is 2.22. The Morgan fingerprint density at radius 1 is 1.33 bits per heavy atom. The molecule has 6 nitrogen and oxygen atoms in total. The van der Waals surface area contributed by atoms with Crippen LogP contribution >= 0.6 is 0 Å². The van der Waals surface area contributed by atoms with E-state index in [1.54, 1.807) is 6.92 Å². The van der Waals surface area contributed by atoms with E-state index in [4.69, 9.17) is 4.52 Å². The van der Waals surface area contributed by atoms with Gasteiger partial charge < -0.3 is 4.52 Å². The molecule has 0 aliphatic carbocycles. The van der Waals surface area contributed by atoms with Crippen LogP contribution in [0.2, 0.25) is 0 Å². The summed E-state index contributed by atoms with van der Waals surface area (Å²) in [6.07, 6.45) is 4.63. The highest BCUT2D eigenvalue weighted by molar-refractivity contribution is 7.90. The van der Waals surface area contributed by atoms with Gasteiger partial charge in [-0.3, -0.25) is 4.98 Å². The van der Waals surface area contributed by atoms with Crippen molar-refractivity contribution in [1.82, 2.24) is 15.1 Å². The molecule has 7 heteroatoms. The van der Waals surface area contributed by atoms with Gasteiger partial charge in [0.15, 0.2) is 5.03 Å². The molecule has 0 saturated heterocycles. The molecule has 0 aromatic carbocycles. The predicted molar refractivity (Wildman–Crippen MR) is 63.5 cm³/mol. The van der Waals surface area contributed by atoms with E-state index >= 15 is 0 Å². The first kappa shape index (κ1) is 12.7. The van der Waals surface area contributed by atoms with Crippen LogP contribution in [-0.4, -0.2) is 23.5 Å². The summed E-state index contributed by atoms with van der Waals surface area (Å²) in [5, 5.41) is 3.76. The fourth-order valence-corrected chi connectivity index (χ4v) is 2.95. The van der Waals surface area contributed by atoms with Crippen LogP contribution in [0.1, 0.15) is 23.9 Å². The average Bonchev–Trinajstić information content (AvgIpc) is 2.71. The Kier molecular flexibility index (Phi) is 3.42. The zero-order valence-electron chi connectivity index (χ0n) is 10.1. The molecule has 0 fully saturated rings. The summed E-state index contributed by atoms with van der Waals surface area (Å²) in [6, 6.07) is 0. The Morgan fingerprint density at radius 3 is 2.72 bits per heavy atom. The molecule has 0 N–H and O–H groups in total. The molecular weight excluding hydrogens is 254 g/mol. The Labute approximate surface area is 105 Å². The van der Waals surface area contributed by atoms with E-state index in [-0.39, 0.29) is 10.8 Å². The maximum atomic E-state index is 12.1. The van der Waals surface area contributed by atoms with Crippen LogP contribution < -0.4 is 0 Å². The van der Waals surface area contributed by atoms with Crippen molar-refractivity contribution in [2.24, 2.45) is 0 Å². The second-order valence-electron chi connectivity index (χ2n) is 3.83. The summed E-state index contributed by atoms with van der Waals surface area (Å²) in [7, 11) is -3.51. The zero-order chi connectivity index (χ0) is 13.2. The number of hydrogen-bond donors (Lipinski definition) is 0. The van der Waals surface area contributed by atoms with E-state index in [0.29, 0.717) is 23.4 Å². The van der Waals surface area contributed by atoms with Crippen LogP contribution in [0.4, 0.5) is 0 Å². The first-order chi connectivity index (χ1) is 8.54. The van der Waals surface area contributed by atoms with E-state index < -0.39 is 9.84 Å². The van der Waals surface area contributed by atoms with Crippen molar-refractivity contribution < 1.29 is 12.9 Å². The SMILES string of the molecule is CCc1onc(C)c1CS(=O)(=O)c1cnccn1. The molecule has 96 valence electrons. The smallest absolute Gasteiger partial charge is 0.201 e.